The molecule has 0 radical (unpaired) electrons. The zero-order valence-electron chi connectivity index (χ0n) is 14.0. The first-order valence-electron chi connectivity index (χ1n) is 8.00. The lowest BCUT2D eigenvalue weighted by Gasteiger charge is -2.09. The van der Waals surface area contributed by atoms with Crippen molar-refractivity contribution < 1.29 is 18.0 Å². The summed E-state index contributed by atoms with van der Waals surface area (Å²) >= 11 is 0. The largest absolute Gasteiger partial charge is 0.350 e. The highest BCUT2D eigenvalue weighted by Crippen LogP contribution is 2.15. The van der Waals surface area contributed by atoms with Gasteiger partial charge in [-0.15, -0.1) is 0 Å². The smallest absolute Gasteiger partial charge is 0.254 e. The topological polar surface area (TPSA) is 64.0 Å². The van der Waals surface area contributed by atoms with Gasteiger partial charge < -0.3 is 5.32 Å². The fourth-order valence-electron chi connectivity index (χ4n) is 2.43. The minimum absolute atomic E-state index is 0.0487. The van der Waals surface area contributed by atoms with Crippen molar-refractivity contribution in [3.8, 4) is 11.3 Å². The van der Waals surface area contributed by atoms with Crippen molar-refractivity contribution >= 4 is 5.91 Å². The number of aromatic nitrogens is 2. The van der Waals surface area contributed by atoms with Gasteiger partial charge in [0.1, 0.15) is 17.5 Å². The SMILES string of the molecule is O=C(NCCn1cnc(-c2ccc(F)cc2)cc1=O)c1ccc(F)cc1F. The van der Waals surface area contributed by atoms with E-state index < -0.39 is 17.5 Å². The lowest BCUT2D eigenvalue weighted by molar-refractivity contribution is 0.0948. The Hall–Kier alpha value is -3.42. The van der Waals surface area contributed by atoms with Crippen molar-refractivity contribution in [2.24, 2.45) is 0 Å². The molecular weight excluding hydrogens is 359 g/mol. The quantitative estimate of drug-likeness (QED) is 0.748. The molecule has 1 N–H and O–H groups in total. The fourth-order valence-corrected chi connectivity index (χ4v) is 2.43. The van der Waals surface area contributed by atoms with Gasteiger partial charge in [0, 0.05) is 30.8 Å². The molecule has 0 saturated carbocycles. The number of halogens is 3. The van der Waals surface area contributed by atoms with Gasteiger partial charge in [0.25, 0.3) is 11.5 Å². The van der Waals surface area contributed by atoms with Gasteiger partial charge in [-0.05, 0) is 36.4 Å². The van der Waals surface area contributed by atoms with Crippen molar-refractivity contribution in [1.82, 2.24) is 14.9 Å². The summed E-state index contributed by atoms with van der Waals surface area (Å²) < 4.78 is 40.7. The van der Waals surface area contributed by atoms with E-state index in [0.29, 0.717) is 17.3 Å². The molecular formula is C19H14F3N3O2. The van der Waals surface area contributed by atoms with Crippen molar-refractivity contribution in [1.29, 1.82) is 0 Å². The highest BCUT2D eigenvalue weighted by atomic mass is 19.1. The molecule has 5 nitrogen and oxygen atoms in total. The molecule has 1 aromatic heterocycles. The second-order valence-corrected chi connectivity index (χ2v) is 5.69. The molecule has 0 spiro atoms. The number of carbonyl (C=O) groups excluding carboxylic acids is 1. The third kappa shape index (κ3) is 4.41. The third-order valence-electron chi connectivity index (χ3n) is 3.83. The Bertz CT molecular complexity index is 1030. The van der Waals surface area contributed by atoms with Crippen LogP contribution in [0, 0.1) is 17.5 Å². The van der Waals surface area contributed by atoms with Crippen LogP contribution >= 0.6 is 0 Å². The zero-order chi connectivity index (χ0) is 19.4. The first kappa shape index (κ1) is 18.4. The van der Waals surface area contributed by atoms with Crippen LogP contribution in [-0.2, 0) is 6.54 Å². The number of amides is 1. The fraction of sp³-hybridized carbons (Fsp3) is 0.105. The van der Waals surface area contributed by atoms with Gasteiger partial charge >= 0.3 is 0 Å². The van der Waals surface area contributed by atoms with E-state index in [2.05, 4.69) is 10.3 Å². The molecule has 0 aliphatic heterocycles. The van der Waals surface area contributed by atoms with E-state index >= 15 is 0 Å². The lowest BCUT2D eigenvalue weighted by Crippen LogP contribution is -2.31. The highest BCUT2D eigenvalue weighted by Gasteiger charge is 2.12. The van der Waals surface area contributed by atoms with Crippen LogP contribution in [0.3, 0.4) is 0 Å². The van der Waals surface area contributed by atoms with E-state index in [9.17, 15) is 22.8 Å². The predicted octanol–water partition coefficient (Wildman–Crippen LogP) is 2.76. The molecule has 3 rings (SSSR count). The van der Waals surface area contributed by atoms with Gasteiger partial charge in [-0.2, -0.15) is 0 Å². The van der Waals surface area contributed by atoms with Crippen molar-refractivity contribution in [3.05, 3.63) is 88.2 Å². The van der Waals surface area contributed by atoms with Crippen molar-refractivity contribution in [2.45, 2.75) is 6.54 Å². The predicted molar refractivity (Wildman–Crippen MR) is 92.6 cm³/mol. The van der Waals surface area contributed by atoms with Crippen LogP contribution in [0.1, 0.15) is 10.4 Å². The summed E-state index contributed by atoms with van der Waals surface area (Å²) in [6.07, 6.45) is 1.31. The third-order valence-corrected chi connectivity index (χ3v) is 3.83. The van der Waals surface area contributed by atoms with Gasteiger partial charge in [-0.25, -0.2) is 18.2 Å². The summed E-state index contributed by atoms with van der Waals surface area (Å²) in [5, 5.41) is 2.46. The normalized spacial score (nSPS) is 10.6. The van der Waals surface area contributed by atoms with Crippen LogP contribution in [0.2, 0.25) is 0 Å². The maximum atomic E-state index is 13.6. The second kappa shape index (κ2) is 7.86. The molecule has 0 bridgehead atoms. The molecule has 0 aliphatic carbocycles. The summed E-state index contributed by atoms with van der Waals surface area (Å²) in [6.45, 7) is 0.164. The summed E-state index contributed by atoms with van der Waals surface area (Å²) in [5.41, 5.74) is 0.356. The molecule has 0 atom stereocenters. The van der Waals surface area contributed by atoms with Crippen LogP contribution in [0.25, 0.3) is 11.3 Å². The molecule has 2 aromatic carbocycles. The van der Waals surface area contributed by atoms with Gasteiger partial charge in [-0.1, -0.05) is 0 Å². The van der Waals surface area contributed by atoms with E-state index in [1.165, 1.54) is 41.2 Å². The van der Waals surface area contributed by atoms with Crippen LogP contribution in [0.4, 0.5) is 13.2 Å². The number of hydrogen-bond donors (Lipinski definition) is 1. The average molecular weight is 373 g/mol. The minimum Gasteiger partial charge on any atom is -0.350 e. The number of benzene rings is 2. The van der Waals surface area contributed by atoms with Crippen LogP contribution in [0.5, 0.6) is 0 Å². The monoisotopic (exact) mass is 373 g/mol. The molecule has 0 fully saturated rings. The molecule has 27 heavy (non-hydrogen) atoms. The van der Waals surface area contributed by atoms with Gasteiger partial charge in [0.15, 0.2) is 0 Å². The van der Waals surface area contributed by atoms with E-state index in [0.717, 1.165) is 12.1 Å². The second-order valence-electron chi connectivity index (χ2n) is 5.69. The molecule has 3 aromatic rings. The lowest BCUT2D eigenvalue weighted by atomic mass is 10.1. The Morgan fingerprint density at radius 3 is 2.37 bits per heavy atom. The number of nitrogens with one attached hydrogen (secondary N) is 1. The number of nitrogens with zero attached hydrogens (tertiary/aromatic N) is 2. The van der Waals surface area contributed by atoms with Crippen molar-refractivity contribution in [2.75, 3.05) is 6.54 Å². The summed E-state index contributed by atoms with van der Waals surface area (Å²) in [4.78, 5) is 28.2. The van der Waals surface area contributed by atoms with Crippen LogP contribution in [-0.4, -0.2) is 22.0 Å². The summed E-state index contributed by atoms with van der Waals surface area (Å²) in [7, 11) is 0. The van der Waals surface area contributed by atoms with Crippen molar-refractivity contribution in [3.63, 3.8) is 0 Å². The number of hydrogen-bond acceptors (Lipinski definition) is 3. The summed E-state index contributed by atoms with van der Waals surface area (Å²) in [6, 6.07) is 9.52. The Morgan fingerprint density at radius 2 is 1.70 bits per heavy atom. The highest BCUT2D eigenvalue weighted by molar-refractivity contribution is 5.94. The standard InChI is InChI=1S/C19H14F3N3O2/c20-13-3-1-12(2-4-13)17-10-18(26)25(11-24-17)8-7-23-19(27)15-6-5-14(21)9-16(15)22/h1-6,9-11H,7-8H2,(H,23,27). The molecule has 1 heterocycles. The Balaban J connectivity index is 1.63. The van der Waals surface area contributed by atoms with Crippen LogP contribution in [0.15, 0.2) is 59.7 Å². The van der Waals surface area contributed by atoms with Gasteiger partial charge in [0.2, 0.25) is 0 Å². The molecule has 0 unspecified atom stereocenters. The Morgan fingerprint density at radius 1 is 1.00 bits per heavy atom. The maximum Gasteiger partial charge on any atom is 0.254 e. The Kier molecular flexibility index (Phi) is 5.35. The van der Waals surface area contributed by atoms with Crippen LogP contribution < -0.4 is 10.9 Å². The minimum atomic E-state index is -0.963. The molecule has 0 aliphatic rings. The van der Waals surface area contributed by atoms with Gasteiger partial charge in [-0.3, -0.25) is 14.2 Å². The van der Waals surface area contributed by atoms with Gasteiger partial charge in [0.05, 0.1) is 17.6 Å². The Labute approximate surface area is 152 Å². The zero-order valence-corrected chi connectivity index (χ0v) is 14.0. The average Bonchev–Trinajstić information content (AvgIpc) is 2.63. The van der Waals surface area contributed by atoms with E-state index in [1.807, 2.05) is 0 Å². The molecule has 138 valence electrons. The number of carbonyl (C=O) groups is 1. The van der Waals surface area contributed by atoms with E-state index in [-0.39, 0.29) is 30.0 Å². The maximum absolute atomic E-state index is 13.6. The summed E-state index contributed by atoms with van der Waals surface area (Å²) in [5.74, 6) is -2.84. The molecule has 0 saturated heterocycles. The number of rotatable bonds is 5. The molecule has 1 amide bonds. The van der Waals surface area contributed by atoms with E-state index in [1.54, 1.807) is 0 Å². The molecule has 8 heteroatoms. The first-order chi connectivity index (χ1) is 12.9. The first-order valence-corrected chi connectivity index (χ1v) is 8.00. The van der Waals surface area contributed by atoms with E-state index in [4.69, 9.17) is 0 Å².